The molecule has 5 nitrogen and oxygen atoms in total. The molecule has 2 N–H and O–H groups in total. The van der Waals surface area contributed by atoms with Crippen molar-refractivity contribution in [3.05, 3.63) is 23.8 Å². The highest BCUT2D eigenvalue weighted by Crippen LogP contribution is 2.24. The first kappa shape index (κ1) is 13.0. The number of ether oxygens (including phenoxy) is 1. The highest BCUT2D eigenvalue weighted by molar-refractivity contribution is 7.89. The van der Waals surface area contributed by atoms with Crippen LogP contribution >= 0.6 is 0 Å². The SMILES string of the molecule is CCNS(=O)(=O)c1ccc(CO)cc1OC. The monoisotopic (exact) mass is 245 g/mol. The molecular weight excluding hydrogens is 230 g/mol. The van der Waals surface area contributed by atoms with E-state index in [1.807, 2.05) is 0 Å². The topological polar surface area (TPSA) is 75.6 Å². The number of nitrogens with one attached hydrogen (secondary N) is 1. The predicted octanol–water partition coefficient (Wildman–Crippen LogP) is 0.486. The van der Waals surface area contributed by atoms with Gasteiger partial charge in [0, 0.05) is 6.54 Å². The fraction of sp³-hybridized carbons (Fsp3) is 0.400. The standard InChI is InChI=1S/C10H15NO4S/c1-3-11-16(13,14)10-5-4-8(7-12)6-9(10)15-2/h4-6,11-12H,3,7H2,1-2H3. The summed E-state index contributed by atoms with van der Waals surface area (Å²) >= 11 is 0. The fourth-order valence-corrected chi connectivity index (χ4v) is 2.49. The van der Waals surface area contributed by atoms with Gasteiger partial charge in [0.05, 0.1) is 13.7 Å². The van der Waals surface area contributed by atoms with Gasteiger partial charge in [-0.25, -0.2) is 13.1 Å². The van der Waals surface area contributed by atoms with E-state index in [0.717, 1.165) is 0 Å². The lowest BCUT2D eigenvalue weighted by Crippen LogP contribution is -2.23. The van der Waals surface area contributed by atoms with Gasteiger partial charge in [-0.3, -0.25) is 0 Å². The molecule has 0 bridgehead atoms. The molecule has 0 fully saturated rings. The van der Waals surface area contributed by atoms with Gasteiger partial charge in [-0.1, -0.05) is 13.0 Å². The molecule has 0 saturated heterocycles. The van der Waals surface area contributed by atoms with Gasteiger partial charge in [0.15, 0.2) is 0 Å². The van der Waals surface area contributed by atoms with Crippen LogP contribution in [-0.4, -0.2) is 27.2 Å². The van der Waals surface area contributed by atoms with E-state index in [1.165, 1.54) is 19.2 Å². The first-order chi connectivity index (χ1) is 7.55. The second-order valence-corrected chi connectivity index (χ2v) is 4.88. The van der Waals surface area contributed by atoms with Crippen LogP contribution in [0.15, 0.2) is 23.1 Å². The molecule has 0 amide bonds. The Labute approximate surface area is 95.1 Å². The summed E-state index contributed by atoms with van der Waals surface area (Å²) in [6.07, 6.45) is 0. The van der Waals surface area contributed by atoms with Crippen molar-refractivity contribution >= 4 is 10.0 Å². The van der Waals surface area contributed by atoms with Gasteiger partial charge in [-0.05, 0) is 17.7 Å². The number of benzene rings is 1. The van der Waals surface area contributed by atoms with E-state index in [9.17, 15) is 8.42 Å². The summed E-state index contributed by atoms with van der Waals surface area (Å²) in [6, 6.07) is 4.47. The van der Waals surface area contributed by atoms with Crippen LogP contribution < -0.4 is 9.46 Å². The molecule has 0 aliphatic heterocycles. The summed E-state index contributed by atoms with van der Waals surface area (Å²) in [7, 11) is -2.14. The molecule has 0 heterocycles. The maximum absolute atomic E-state index is 11.8. The molecular formula is C10H15NO4S. The largest absolute Gasteiger partial charge is 0.495 e. The average molecular weight is 245 g/mol. The Morgan fingerprint density at radius 3 is 2.62 bits per heavy atom. The Kier molecular flexibility index (Phi) is 4.28. The number of sulfonamides is 1. The van der Waals surface area contributed by atoms with Crippen molar-refractivity contribution in [3.8, 4) is 5.75 Å². The second kappa shape index (κ2) is 5.29. The highest BCUT2D eigenvalue weighted by Gasteiger charge is 2.18. The average Bonchev–Trinajstić information content (AvgIpc) is 2.28. The third-order valence-corrected chi connectivity index (χ3v) is 3.62. The maximum atomic E-state index is 11.8. The van der Waals surface area contributed by atoms with Crippen LogP contribution in [0.25, 0.3) is 0 Å². The molecule has 0 atom stereocenters. The summed E-state index contributed by atoms with van der Waals surface area (Å²) in [5, 5.41) is 8.93. The third-order valence-electron chi connectivity index (χ3n) is 2.03. The maximum Gasteiger partial charge on any atom is 0.244 e. The molecule has 6 heteroatoms. The molecule has 0 radical (unpaired) electrons. The van der Waals surface area contributed by atoms with Crippen LogP contribution in [0, 0.1) is 0 Å². The van der Waals surface area contributed by atoms with Gasteiger partial charge in [-0.2, -0.15) is 0 Å². The smallest absolute Gasteiger partial charge is 0.244 e. The number of methoxy groups -OCH3 is 1. The summed E-state index contributed by atoms with van der Waals surface area (Å²) in [5.41, 5.74) is 0.604. The van der Waals surface area contributed by atoms with Gasteiger partial charge in [0.25, 0.3) is 0 Å². The summed E-state index contributed by atoms with van der Waals surface area (Å²) in [5.74, 6) is 0.229. The van der Waals surface area contributed by atoms with Gasteiger partial charge in [-0.15, -0.1) is 0 Å². The van der Waals surface area contributed by atoms with Gasteiger partial charge in [0.1, 0.15) is 10.6 Å². The molecule has 1 aromatic carbocycles. The van der Waals surface area contributed by atoms with E-state index in [-0.39, 0.29) is 17.3 Å². The minimum atomic E-state index is -3.53. The van der Waals surface area contributed by atoms with Crippen LogP contribution in [0.4, 0.5) is 0 Å². The van der Waals surface area contributed by atoms with E-state index in [4.69, 9.17) is 9.84 Å². The Morgan fingerprint density at radius 1 is 1.44 bits per heavy atom. The molecule has 90 valence electrons. The Bertz CT molecular complexity index is 456. The molecule has 1 rings (SSSR count). The second-order valence-electron chi connectivity index (χ2n) is 3.14. The van der Waals surface area contributed by atoms with Crippen molar-refractivity contribution in [2.75, 3.05) is 13.7 Å². The fourth-order valence-electron chi connectivity index (χ4n) is 1.30. The number of hydrogen-bond donors (Lipinski definition) is 2. The first-order valence-corrected chi connectivity index (χ1v) is 6.31. The molecule has 0 aliphatic rings. The lowest BCUT2D eigenvalue weighted by molar-refractivity contribution is 0.280. The van der Waals surface area contributed by atoms with Crippen LogP contribution in [0.1, 0.15) is 12.5 Å². The number of aliphatic hydroxyl groups is 1. The summed E-state index contributed by atoms with van der Waals surface area (Å²) in [6.45, 7) is 1.86. The van der Waals surface area contributed by atoms with Gasteiger partial charge >= 0.3 is 0 Å². The van der Waals surface area contributed by atoms with Crippen LogP contribution in [-0.2, 0) is 16.6 Å². The summed E-state index contributed by atoms with van der Waals surface area (Å²) < 4.78 is 30.9. The zero-order chi connectivity index (χ0) is 12.2. The van der Waals surface area contributed by atoms with Crippen molar-refractivity contribution in [3.63, 3.8) is 0 Å². The van der Waals surface area contributed by atoms with Crippen molar-refractivity contribution in [2.24, 2.45) is 0 Å². The molecule has 0 spiro atoms. The van der Waals surface area contributed by atoms with Gasteiger partial charge in [0.2, 0.25) is 10.0 Å². The Hall–Kier alpha value is -1.11. The van der Waals surface area contributed by atoms with E-state index >= 15 is 0 Å². The van der Waals surface area contributed by atoms with Crippen LogP contribution in [0.5, 0.6) is 5.75 Å². The predicted molar refractivity (Wildman–Crippen MR) is 59.8 cm³/mol. The lowest BCUT2D eigenvalue weighted by Gasteiger charge is -2.10. The molecule has 0 saturated carbocycles. The highest BCUT2D eigenvalue weighted by atomic mass is 32.2. The van der Waals surface area contributed by atoms with E-state index in [0.29, 0.717) is 12.1 Å². The van der Waals surface area contributed by atoms with Crippen molar-refractivity contribution < 1.29 is 18.3 Å². The van der Waals surface area contributed by atoms with Gasteiger partial charge < -0.3 is 9.84 Å². The van der Waals surface area contributed by atoms with Crippen molar-refractivity contribution in [2.45, 2.75) is 18.4 Å². The van der Waals surface area contributed by atoms with Crippen LogP contribution in [0.3, 0.4) is 0 Å². The molecule has 1 aromatic rings. The molecule has 0 aromatic heterocycles. The molecule has 0 aliphatic carbocycles. The Balaban J connectivity index is 3.24. The van der Waals surface area contributed by atoms with E-state index in [1.54, 1.807) is 13.0 Å². The minimum Gasteiger partial charge on any atom is -0.495 e. The Morgan fingerprint density at radius 2 is 2.12 bits per heavy atom. The third kappa shape index (κ3) is 2.72. The number of hydrogen-bond acceptors (Lipinski definition) is 4. The lowest BCUT2D eigenvalue weighted by atomic mass is 10.2. The quantitative estimate of drug-likeness (QED) is 0.791. The van der Waals surface area contributed by atoms with Crippen molar-refractivity contribution in [1.29, 1.82) is 0 Å². The zero-order valence-electron chi connectivity index (χ0n) is 9.23. The number of aliphatic hydroxyl groups excluding tert-OH is 1. The zero-order valence-corrected chi connectivity index (χ0v) is 10.0. The van der Waals surface area contributed by atoms with E-state index in [2.05, 4.69) is 4.72 Å². The molecule has 0 unspecified atom stereocenters. The minimum absolute atomic E-state index is 0.0778. The first-order valence-electron chi connectivity index (χ1n) is 4.82. The molecule has 16 heavy (non-hydrogen) atoms. The number of rotatable bonds is 5. The van der Waals surface area contributed by atoms with Crippen LogP contribution in [0.2, 0.25) is 0 Å². The van der Waals surface area contributed by atoms with Crippen molar-refractivity contribution in [1.82, 2.24) is 4.72 Å². The summed E-state index contributed by atoms with van der Waals surface area (Å²) in [4.78, 5) is 0.0778. The normalized spacial score (nSPS) is 11.4. The van der Waals surface area contributed by atoms with E-state index < -0.39 is 10.0 Å².